The van der Waals surface area contributed by atoms with Crippen molar-refractivity contribution >= 4 is 28.5 Å². The molecule has 0 spiro atoms. The number of aromatic nitrogens is 4. The van der Waals surface area contributed by atoms with Crippen LogP contribution in [0.2, 0.25) is 0 Å². The van der Waals surface area contributed by atoms with E-state index in [9.17, 15) is 22.4 Å². The molecular weight excluding hydrogens is 642 g/mol. The molecule has 262 valence electrons. The fourth-order valence-electron chi connectivity index (χ4n) is 7.18. The Kier molecular flexibility index (Phi) is 10.1. The highest BCUT2D eigenvalue weighted by Crippen LogP contribution is 2.40. The second-order valence-corrected chi connectivity index (χ2v) is 13.3. The van der Waals surface area contributed by atoms with E-state index in [-0.39, 0.29) is 28.7 Å². The number of fused-ring (bicyclic) bond motifs is 1. The van der Waals surface area contributed by atoms with E-state index in [2.05, 4.69) is 29.7 Å². The van der Waals surface area contributed by atoms with Gasteiger partial charge in [-0.05, 0) is 49.2 Å². The maximum absolute atomic E-state index is 14.5. The molecule has 1 saturated carbocycles. The fraction of sp³-hybridized carbons (Fsp3) is 0.486. The van der Waals surface area contributed by atoms with Crippen LogP contribution in [0.1, 0.15) is 44.1 Å². The molecule has 0 bridgehead atoms. The van der Waals surface area contributed by atoms with E-state index in [1.165, 1.54) is 6.42 Å². The SMILES string of the molecule is COCC1(CN(C)c2cc(-c3cc(F)cc(C(F)(F)F)c3)nc3nc(-c4ccc(N5CCN(CCC(=O)O)CC5)cn4)[nH]c23)CCCCC1. The second kappa shape index (κ2) is 14.3. The van der Waals surface area contributed by atoms with Crippen LogP contribution in [0.3, 0.4) is 0 Å². The van der Waals surface area contributed by atoms with Crippen LogP contribution in [0.4, 0.5) is 28.9 Å². The van der Waals surface area contributed by atoms with Gasteiger partial charge in [-0.25, -0.2) is 14.4 Å². The zero-order valence-corrected chi connectivity index (χ0v) is 27.7. The second-order valence-electron chi connectivity index (χ2n) is 13.3. The third-order valence-corrected chi connectivity index (χ3v) is 9.68. The van der Waals surface area contributed by atoms with Crippen LogP contribution in [0.15, 0.2) is 42.6 Å². The molecule has 14 heteroatoms. The number of anilines is 2. The van der Waals surface area contributed by atoms with Gasteiger partial charge in [-0.3, -0.25) is 14.7 Å². The first kappa shape index (κ1) is 34.6. The summed E-state index contributed by atoms with van der Waals surface area (Å²) in [4.78, 5) is 34.7. The van der Waals surface area contributed by atoms with Crippen LogP contribution in [-0.2, 0) is 15.7 Å². The number of H-pyrrole nitrogens is 1. The zero-order valence-electron chi connectivity index (χ0n) is 27.7. The largest absolute Gasteiger partial charge is 0.481 e. The number of benzene rings is 1. The predicted molar refractivity (Wildman–Crippen MR) is 179 cm³/mol. The summed E-state index contributed by atoms with van der Waals surface area (Å²) < 4.78 is 61.2. The van der Waals surface area contributed by atoms with Gasteiger partial charge >= 0.3 is 12.1 Å². The molecule has 1 saturated heterocycles. The highest BCUT2D eigenvalue weighted by Gasteiger charge is 2.35. The lowest BCUT2D eigenvalue weighted by molar-refractivity contribution is -0.138. The third-order valence-electron chi connectivity index (χ3n) is 9.68. The summed E-state index contributed by atoms with van der Waals surface area (Å²) in [7, 11) is 3.63. The number of rotatable bonds is 11. The number of halogens is 4. The first-order valence-electron chi connectivity index (χ1n) is 16.6. The maximum atomic E-state index is 14.5. The molecule has 1 aliphatic heterocycles. The molecule has 1 aliphatic carbocycles. The molecule has 4 heterocycles. The predicted octanol–water partition coefficient (Wildman–Crippen LogP) is 6.47. The van der Waals surface area contributed by atoms with Crippen LogP contribution in [0, 0.1) is 11.2 Å². The summed E-state index contributed by atoms with van der Waals surface area (Å²) in [5, 5.41) is 8.98. The van der Waals surface area contributed by atoms with Gasteiger partial charge in [0.2, 0.25) is 0 Å². The highest BCUT2D eigenvalue weighted by molar-refractivity contribution is 5.91. The summed E-state index contributed by atoms with van der Waals surface area (Å²) in [5.41, 5.74) is 2.04. The van der Waals surface area contributed by atoms with Gasteiger partial charge in [-0.2, -0.15) is 13.2 Å². The van der Waals surface area contributed by atoms with Gasteiger partial charge in [0, 0.05) is 64.4 Å². The van der Waals surface area contributed by atoms with Crippen molar-refractivity contribution in [2.45, 2.75) is 44.7 Å². The number of carboxylic acids is 1. The maximum Gasteiger partial charge on any atom is 0.416 e. The van der Waals surface area contributed by atoms with Gasteiger partial charge in [-0.15, -0.1) is 0 Å². The Morgan fingerprint density at radius 2 is 1.80 bits per heavy atom. The minimum Gasteiger partial charge on any atom is -0.481 e. The first-order valence-corrected chi connectivity index (χ1v) is 16.6. The number of methoxy groups -OCH3 is 1. The smallest absolute Gasteiger partial charge is 0.416 e. The number of aromatic amines is 1. The van der Waals surface area contributed by atoms with Gasteiger partial charge in [0.05, 0.1) is 41.9 Å². The number of carboxylic acid groups (broad SMARTS) is 1. The average molecular weight is 684 g/mol. The van der Waals surface area contributed by atoms with Gasteiger partial charge < -0.3 is 24.6 Å². The van der Waals surface area contributed by atoms with Crippen LogP contribution >= 0.6 is 0 Å². The van der Waals surface area contributed by atoms with Crippen molar-refractivity contribution in [1.29, 1.82) is 0 Å². The number of alkyl halides is 3. The van der Waals surface area contributed by atoms with E-state index in [0.29, 0.717) is 48.5 Å². The Balaban J connectivity index is 1.33. The van der Waals surface area contributed by atoms with Crippen molar-refractivity contribution < 1.29 is 32.2 Å². The monoisotopic (exact) mass is 683 g/mol. The topological polar surface area (TPSA) is 111 Å². The van der Waals surface area contributed by atoms with Crippen molar-refractivity contribution in [3.63, 3.8) is 0 Å². The number of nitrogens with one attached hydrogen (secondary N) is 1. The molecular formula is C35H41F4N7O3. The van der Waals surface area contributed by atoms with E-state index >= 15 is 0 Å². The van der Waals surface area contributed by atoms with Crippen molar-refractivity contribution in [3.05, 3.63) is 54.0 Å². The van der Waals surface area contributed by atoms with E-state index in [1.807, 2.05) is 19.2 Å². The van der Waals surface area contributed by atoms with Crippen LogP contribution in [0.5, 0.6) is 0 Å². The van der Waals surface area contributed by atoms with Crippen molar-refractivity contribution in [1.82, 2.24) is 24.8 Å². The molecule has 0 unspecified atom stereocenters. The number of nitrogens with zero attached hydrogens (tertiary/aromatic N) is 6. The number of ether oxygens (including phenoxy) is 1. The van der Waals surface area contributed by atoms with E-state index in [0.717, 1.165) is 69.7 Å². The Bertz CT molecular complexity index is 1760. The standard InChI is InChI=1S/C35H41F4N7O3/c1-44(21-34(22-49-2)9-4-3-5-10-34)29-19-28(23-16-24(35(37,38)39)18-25(36)17-23)41-33-31(29)42-32(43-33)27-7-6-26(20-40-27)46-14-12-45(13-15-46)11-8-30(47)48/h6-7,16-20H,3-5,8-15,21-22H2,1-2H3,(H,47,48)(H,41,42,43). The van der Waals surface area contributed by atoms with E-state index in [1.54, 1.807) is 19.4 Å². The highest BCUT2D eigenvalue weighted by atomic mass is 19.4. The van der Waals surface area contributed by atoms with Gasteiger partial charge in [0.25, 0.3) is 0 Å². The molecule has 3 aromatic heterocycles. The molecule has 0 atom stereocenters. The third kappa shape index (κ3) is 7.96. The van der Waals surface area contributed by atoms with Crippen molar-refractivity contribution in [2.75, 3.05) is 69.8 Å². The van der Waals surface area contributed by atoms with Gasteiger partial charge in [0.1, 0.15) is 17.0 Å². The number of aliphatic carboxylic acids is 1. The van der Waals surface area contributed by atoms with E-state index in [4.69, 9.17) is 14.8 Å². The summed E-state index contributed by atoms with van der Waals surface area (Å²) in [6.07, 6.45) is 2.50. The Labute approximate surface area is 282 Å². The lowest BCUT2D eigenvalue weighted by atomic mass is 9.74. The normalized spacial score (nSPS) is 17.1. The Morgan fingerprint density at radius 3 is 2.45 bits per heavy atom. The number of hydrogen-bond donors (Lipinski definition) is 2. The molecule has 1 aromatic carbocycles. The Morgan fingerprint density at radius 1 is 1.04 bits per heavy atom. The first-order chi connectivity index (χ1) is 23.4. The molecule has 4 aromatic rings. The van der Waals surface area contributed by atoms with Crippen molar-refractivity contribution in [2.24, 2.45) is 5.41 Å². The van der Waals surface area contributed by atoms with Gasteiger partial charge in [-0.1, -0.05) is 19.3 Å². The van der Waals surface area contributed by atoms with Crippen LogP contribution in [0.25, 0.3) is 33.9 Å². The minimum absolute atomic E-state index is 0.00299. The Hall–Kier alpha value is -4.30. The average Bonchev–Trinajstić information content (AvgIpc) is 3.51. The number of imidazole rings is 1. The zero-order chi connectivity index (χ0) is 34.8. The van der Waals surface area contributed by atoms with Crippen LogP contribution in [-0.4, -0.2) is 95.9 Å². The van der Waals surface area contributed by atoms with Gasteiger partial charge in [0.15, 0.2) is 11.5 Å². The molecule has 49 heavy (non-hydrogen) atoms. The molecule has 2 aliphatic rings. The molecule has 0 amide bonds. The summed E-state index contributed by atoms with van der Waals surface area (Å²) >= 11 is 0. The number of carbonyl (C=O) groups is 1. The van der Waals surface area contributed by atoms with Crippen molar-refractivity contribution in [3.8, 4) is 22.8 Å². The minimum atomic E-state index is -4.72. The molecule has 6 rings (SSSR count). The summed E-state index contributed by atoms with van der Waals surface area (Å²) in [6, 6.07) is 7.95. The van der Waals surface area contributed by atoms with E-state index < -0.39 is 23.5 Å². The summed E-state index contributed by atoms with van der Waals surface area (Å²) in [6.45, 7) is 4.74. The quantitative estimate of drug-likeness (QED) is 0.172. The summed E-state index contributed by atoms with van der Waals surface area (Å²) in [5.74, 6) is -1.36. The molecule has 2 N–H and O–H groups in total. The molecule has 10 nitrogen and oxygen atoms in total. The number of hydrogen-bond acceptors (Lipinski definition) is 8. The van der Waals surface area contributed by atoms with Crippen LogP contribution < -0.4 is 9.80 Å². The number of piperazine rings is 1. The number of pyridine rings is 2. The lowest BCUT2D eigenvalue weighted by Crippen LogP contribution is -2.46. The molecule has 0 radical (unpaired) electrons. The fourth-order valence-corrected chi connectivity index (χ4v) is 7.18. The lowest BCUT2D eigenvalue weighted by Gasteiger charge is -2.40. The molecule has 2 fully saturated rings.